The molecule has 0 aliphatic carbocycles. The number of fused-ring (bicyclic) bond motifs is 1. The number of nitrogens with zero attached hydrogens (tertiary/aromatic N) is 3. The second kappa shape index (κ2) is 8.03. The Bertz CT molecular complexity index is 965. The quantitative estimate of drug-likeness (QED) is 0.646. The van der Waals surface area contributed by atoms with Gasteiger partial charge in [-0.3, -0.25) is 9.69 Å². The lowest BCUT2D eigenvalue weighted by Crippen LogP contribution is -2.47. The van der Waals surface area contributed by atoms with Crippen molar-refractivity contribution in [1.29, 1.82) is 0 Å². The van der Waals surface area contributed by atoms with Crippen LogP contribution in [0, 0.1) is 6.92 Å². The number of aryl methyl sites for hydroxylation is 1. The molecular formula is C22H23N3OS. The maximum absolute atomic E-state index is 12.6. The number of carbonyl (C=O) groups excluding carboxylic acids is 1. The van der Waals surface area contributed by atoms with E-state index < -0.39 is 0 Å². The van der Waals surface area contributed by atoms with Gasteiger partial charge in [0.15, 0.2) is 0 Å². The third kappa shape index (κ3) is 4.26. The van der Waals surface area contributed by atoms with Crippen molar-refractivity contribution in [3.63, 3.8) is 0 Å². The van der Waals surface area contributed by atoms with Gasteiger partial charge in [0.2, 0.25) is 5.91 Å². The molecule has 138 valence electrons. The van der Waals surface area contributed by atoms with Crippen LogP contribution < -0.4 is 0 Å². The lowest BCUT2D eigenvalue weighted by molar-refractivity contribution is -0.127. The number of aromatic nitrogens is 1. The van der Waals surface area contributed by atoms with Crippen LogP contribution in [0.15, 0.2) is 53.9 Å². The van der Waals surface area contributed by atoms with Gasteiger partial charge in [-0.25, -0.2) is 4.98 Å². The van der Waals surface area contributed by atoms with Crippen molar-refractivity contribution in [2.45, 2.75) is 13.5 Å². The third-order valence-corrected chi connectivity index (χ3v) is 5.79. The molecule has 0 N–H and O–H groups in total. The van der Waals surface area contributed by atoms with E-state index in [4.69, 9.17) is 0 Å². The number of benzene rings is 2. The van der Waals surface area contributed by atoms with Crippen LogP contribution in [0.4, 0.5) is 0 Å². The molecule has 1 aromatic heterocycles. The van der Waals surface area contributed by atoms with E-state index in [0.29, 0.717) is 0 Å². The van der Waals surface area contributed by atoms with Crippen molar-refractivity contribution >= 4 is 34.1 Å². The molecule has 1 saturated heterocycles. The number of carbonyl (C=O) groups is 1. The van der Waals surface area contributed by atoms with Gasteiger partial charge in [0, 0.05) is 44.2 Å². The molecule has 0 unspecified atom stereocenters. The molecule has 0 bridgehead atoms. The normalized spacial score (nSPS) is 15.7. The minimum atomic E-state index is 0.0899. The Morgan fingerprint density at radius 1 is 1.11 bits per heavy atom. The minimum absolute atomic E-state index is 0.0899. The summed E-state index contributed by atoms with van der Waals surface area (Å²) in [7, 11) is 0. The summed E-state index contributed by atoms with van der Waals surface area (Å²) in [6, 6.07) is 14.4. The first-order chi connectivity index (χ1) is 13.2. The Balaban J connectivity index is 1.36. The van der Waals surface area contributed by atoms with Gasteiger partial charge in [0.1, 0.15) is 0 Å². The van der Waals surface area contributed by atoms with Gasteiger partial charge in [-0.1, -0.05) is 42.5 Å². The van der Waals surface area contributed by atoms with Gasteiger partial charge in [0.05, 0.1) is 10.7 Å². The largest absolute Gasteiger partial charge is 0.337 e. The SMILES string of the molecule is Cc1nc(CN2CCN(C(=O)C=Cc3cccc4ccccc34)CC2)cs1. The van der Waals surface area contributed by atoms with E-state index >= 15 is 0 Å². The van der Waals surface area contributed by atoms with Crippen LogP contribution in [-0.4, -0.2) is 46.9 Å². The second-order valence-electron chi connectivity index (χ2n) is 6.86. The summed E-state index contributed by atoms with van der Waals surface area (Å²) in [5.74, 6) is 0.0899. The van der Waals surface area contributed by atoms with Gasteiger partial charge < -0.3 is 4.90 Å². The number of piperazine rings is 1. The zero-order valence-electron chi connectivity index (χ0n) is 15.5. The Kier molecular flexibility index (Phi) is 5.32. The highest BCUT2D eigenvalue weighted by molar-refractivity contribution is 7.09. The van der Waals surface area contributed by atoms with Gasteiger partial charge in [-0.15, -0.1) is 11.3 Å². The van der Waals surface area contributed by atoms with Crippen LogP contribution in [0.3, 0.4) is 0 Å². The maximum Gasteiger partial charge on any atom is 0.246 e. The van der Waals surface area contributed by atoms with Crippen LogP contribution in [0.25, 0.3) is 16.8 Å². The zero-order chi connectivity index (χ0) is 18.6. The van der Waals surface area contributed by atoms with E-state index in [1.165, 1.54) is 10.8 Å². The number of rotatable bonds is 4. The van der Waals surface area contributed by atoms with Gasteiger partial charge in [-0.05, 0) is 29.3 Å². The van der Waals surface area contributed by atoms with Crippen molar-refractivity contribution in [3.05, 3.63) is 70.2 Å². The molecule has 1 amide bonds. The predicted molar refractivity (Wildman–Crippen MR) is 112 cm³/mol. The molecule has 0 atom stereocenters. The predicted octanol–water partition coefficient (Wildman–Crippen LogP) is 3.96. The van der Waals surface area contributed by atoms with Crippen molar-refractivity contribution in [2.24, 2.45) is 0 Å². The van der Waals surface area contributed by atoms with Crippen LogP contribution in [-0.2, 0) is 11.3 Å². The molecule has 27 heavy (non-hydrogen) atoms. The zero-order valence-corrected chi connectivity index (χ0v) is 16.3. The molecule has 1 fully saturated rings. The summed E-state index contributed by atoms with van der Waals surface area (Å²) >= 11 is 1.69. The fourth-order valence-corrected chi connectivity index (χ4v) is 4.10. The highest BCUT2D eigenvalue weighted by atomic mass is 32.1. The standard InChI is InChI=1S/C22H23N3OS/c1-17-23-20(16-27-17)15-24-11-13-25(14-12-24)22(26)10-9-19-7-4-6-18-5-2-3-8-21(18)19/h2-10,16H,11-15H2,1H3. The summed E-state index contributed by atoms with van der Waals surface area (Å²) in [5.41, 5.74) is 2.21. The minimum Gasteiger partial charge on any atom is -0.337 e. The molecule has 4 nitrogen and oxygen atoms in total. The van der Waals surface area contributed by atoms with Gasteiger partial charge in [-0.2, -0.15) is 0 Å². The van der Waals surface area contributed by atoms with Crippen molar-refractivity contribution in [3.8, 4) is 0 Å². The average Bonchev–Trinajstić information content (AvgIpc) is 3.11. The average molecular weight is 378 g/mol. The Morgan fingerprint density at radius 2 is 1.89 bits per heavy atom. The molecule has 3 aromatic rings. The van der Waals surface area contributed by atoms with E-state index in [0.717, 1.165) is 49.0 Å². The summed E-state index contributed by atoms with van der Waals surface area (Å²) < 4.78 is 0. The molecule has 0 radical (unpaired) electrons. The molecule has 4 rings (SSSR count). The number of hydrogen-bond donors (Lipinski definition) is 0. The molecule has 0 spiro atoms. The Hall–Kier alpha value is -2.50. The van der Waals surface area contributed by atoms with Gasteiger partial charge >= 0.3 is 0 Å². The molecule has 1 aliphatic heterocycles. The number of thiazole rings is 1. The Morgan fingerprint density at radius 3 is 2.67 bits per heavy atom. The number of amides is 1. The summed E-state index contributed by atoms with van der Waals surface area (Å²) in [5, 5.41) is 5.60. The smallest absolute Gasteiger partial charge is 0.246 e. The molecule has 0 saturated carbocycles. The van der Waals surface area contributed by atoms with E-state index in [9.17, 15) is 4.79 Å². The van der Waals surface area contributed by atoms with Gasteiger partial charge in [0.25, 0.3) is 0 Å². The third-order valence-electron chi connectivity index (χ3n) is 4.96. The van der Waals surface area contributed by atoms with E-state index in [2.05, 4.69) is 39.5 Å². The molecule has 2 heterocycles. The fraction of sp³-hybridized carbons (Fsp3) is 0.273. The molecule has 2 aromatic carbocycles. The summed E-state index contributed by atoms with van der Waals surface area (Å²) in [6.45, 7) is 6.23. The monoisotopic (exact) mass is 377 g/mol. The summed E-state index contributed by atoms with van der Waals surface area (Å²) in [6.07, 6.45) is 3.65. The lowest BCUT2D eigenvalue weighted by atomic mass is 10.0. The first-order valence-electron chi connectivity index (χ1n) is 9.27. The first kappa shape index (κ1) is 17.9. The molecule has 5 heteroatoms. The first-order valence-corrected chi connectivity index (χ1v) is 10.1. The maximum atomic E-state index is 12.6. The van der Waals surface area contributed by atoms with Crippen LogP contribution >= 0.6 is 11.3 Å². The molecule has 1 aliphatic rings. The van der Waals surface area contributed by atoms with Crippen LogP contribution in [0.1, 0.15) is 16.3 Å². The van der Waals surface area contributed by atoms with Crippen molar-refractivity contribution < 1.29 is 4.79 Å². The van der Waals surface area contributed by atoms with E-state index in [1.807, 2.05) is 36.1 Å². The highest BCUT2D eigenvalue weighted by Gasteiger charge is 2.20. The number of hydrogen-bond acceptors (Lipinski definition) is 4. The van der Waals surface area contributed by atoms with E-state index in [1.54, 1.807) is 17.4 Å². The lowest BCUT2D eigenvalue weighted by Gasteiger charge is -2.33. The topological polar surface area (TPSA) is 36.4 Å². The van der Waals surface area contributed by atoms with Crippen LogP contribution in [0.5, 0.6) is 0 Å². The molecular weight excluding hydrogens is 354 g/mol. The highest BCUT2D eigenvalue weighted by Crippen LogP contribution is 2.20. The van der Waals surface area contributed by atoms with Crippen molar-refractivity contribution in [1.82, 2.24) is 14.8 Å². The van der Waals surface area contributed by atoms with Crippen LogP contribution in [0.2, 0.25) is 0 Å². The summed E-state index contributed by atoms with van der Waals surface area (Å²) in [4.78, 5) is 21.4. The van der Waals surface area contributed by atoms with Crippen molar-refractivity contribution in [2.75, 3.05) is 26.2 Å². The second-order valence-corrected chi connectivity index (χ2v) is 7.92. The fourth-order valence-electron chi connectivity index (χ4n) is 3.50. The van der Waals surface area contributed by atoms with E-state index in [-0.39, 0.29) is 5.91 Å². The Labute approximate surface area is 163 Å².